The summed E-state index contributed by atoms with van der Waals surface area (Å²) in [6.07, 6.45) is 3.81. The first-order chi connectivity index (χ1) is 19.4. The molecule has 8 rings (SSSR count). The monoisotopic (exact) mass is 514 g/mol. The third-order valence-electron chi connectivity index (χ3n) is 7.67. The van der Waals surface area contributed by atoms with Gasteiger partial charge in [0.1, 0.15) is 0 Å². The third kappa shape index (κ3) is 3.39. The van der Waals surface area contributed by atoms with Crippen molar-refractivity contribution in [2.45, 2.75) is 0 Å². The fourth-order valence-electron chi connectivity index (χ4n) is 6.16. The van der Waals surface area contributed by atoms with Gasteiger partial charge in [0.2, 0.25) is 0 Å². The van der Waals surface area contributed by atoms with Crippen molar-refractivity contribution in [2.75, 3.05) is 0 Å². The highest BCUT2D eigenvalue weighted by atomic mass is 31.1. The second-order valence-electron chi connectivity index (χ2n) is 9.81. The molecule has 0 saturated carbocycles. The van der Waals surface area contributed by atoms with Crippen LogP contribution in [0.15, 0.2) is 140 Å². The Balaban J connectivity index is 1.61. The number of hydrogen-bond acceptors (Lipinski definition) is 2. The smallest absolute Gasteiger partial charge is 0.0737 e. The number of aromatic nitrogens is 2. The molecule has 1 aliphatic rings. The normalized spacial score (nSPS) is 11.8. The van der Waals surface area contributed by atoms with Crippen LogP contribution in [0.4, 0.5) is 0 Å². The van der Waals surface area contributed by atoms with Crippen LogP contribution >= 0.6 is 7.92 Å². The average molecular weight is 515 g/mol. The molecule has 5 aromatic carbocycles. The molecule has 0 amide bonds. The van der Waals surface area contributed by atoms with E-state index in [1.165, 1.54) is 60.2 Å². The van der Waals surface area contributed by atoms with Crippen LogP contribution in [0.1, 0.15) is 0 Å². The lowest BCUT2D eigenvalue weighted by Crippen LogP contribution is -2.26. The van der Waals surface area contributed by atoms with Crippen LogP contribution in [0.25, 0.3) is 54.9 Å². The van der Waals surface area contributed by atoms with Crippen molar-refractivity contribution in [1.29, 1.82) is 0 Å². The van der Waals surface area contributed by atoms with E-state index in [4.69, 9.17) is 9.97 Å². The second-order valence-corrected chi connectivity index (χ2v) is 11.8. The van der Waals surface area contributed by atoms with Gasteiger partial charge < -0.3 is 0 Å². The summed E-state index contributed by atoms with van der Waals surface area (Å²) in [5, 5.41) is 6.47. The van der Waals surface area contributed by atoms with Crippen LogP contribution in [0.3, 0.4) is 0 Å². The summed E-state index contributed by atoms with van der Waals surface area (Å²) in [5.74, 6) is 0. The van der Waals surface area contributed by atoms with Gasteiger partial charge in [-0.25, -0.2) is 0 Å². The lowest BCUT2D eigenvalue weighted by Gasteiger charge is -2.25. The van der Waals surface area contributed by atoms with Gasteiger partial charge in [-0.3, -0.25) is 9.97 Å². The molecule has 2 nitrogen and oxygen atoms in total. The van der Waals surface area contributed by atoms with Gasteiger partial charge in [-0.1, -0.05) is 103 Å². The number of nitrogens with zero attached hydrogens (tertiary/aromatic N) is 2. The molecule has 3 heteroatoms. The Morgan fingerprint density at radius 2 is 1.03 bits per heavy atom. The number of hydrogen-bond donors (Lipinski definition) is 0. The Bertz CT molecular complexity index is 1960. The van der Waals surface area contributed by atoms with Crippen LogP contribution in [-0.4, -0.2) is 9.97 Å². The first kappa shape index (κ1) is 22.3. The molecule has 0 fully saturated rings. The lowest BCUT2D eigenvalue weighted by atomic mass is 9.88. The van der Waals surface area contributed by atoms with Crippen molar-refractivity contribution in [1.82, 2.24) is 9.97 Å². The Labute approximate surface area is 228 Å². The Kier molecular flexibility index (Phi) is 5.14. The van der Waals surface area contributed by atoms with Gasteiger partial charge in [-0.2, -0.15) is 0 Å². The molecule has 0 saturated heterocycles. The average Bonchev–Trinajstić information content (AvgIpc) is 3.34. The summed E-state index contributed by atoms with van der Waals surface area (Å²) in [6, 6.07) is 45.7. The largest absolute Gasteiger partial charge is 0.256 e. The van der Waals surface area contributed by atoms with E-state index >= 15 is 0 Å². The van der Waals surface area contributed by atoms with Gasteiger partial charge in [0.05, 0.1) is 10.9 Å². The zero-order valence-corrected chi connectivity index (χ0v) is 22.0. The summed E-state index contributed by atoms with van der Waals surface area (Å²) in [6.45, 7) is 0. The number of benzene rings is 5. The predicted octanol–water partition coefficient (Wildman–Crippen LogP) is 7.86. The Morgan fingerprint density at radius 1 is 0.436 bits per heavy atom. The molecule has 0 atom stereocenters. The minimum absolute atomic E-state index is 1.04. The van der Waals surface area contributed by atoms with Crippen molar-refractivity contribution in [3.8, 4) is 33.4 Å². The van der Waals surface area contributed by atoms with Crippen LogP contribution in [-0.2, 0) is 0 Å². The molecule has 0 bridgehead atoms. The van der Waals surface area contributed by atoms with Gasteiger partial charge >= 0.3 is 0 Å². The topological polar surface area (TPSA) is 25.8 Å². The highest BCUT2D eigenvalue weighted by Crippen LogP contribution is 2.55. The van der Waals surface area contributed by atoms with Crippen molar-refractivity contribution in [3.63, 3.8) is 0 Å². The zero-order chi connectivity index (χ0) is 25.8. The van der Waals surface area contributed by atoms with Crippen LogP contribution in [0.5, 0.6) is 0 Å². The maximum atomic E-state index is 4.93. The van der Waals surface area contributed by atoms with Crippen molar-refractivity contribution >= 4 is 45.6 Å². The molecule has 7 aromatic rings. The summed E-state index contributed by atoms with van der Waals surface area (Å²) in [5.41, 5.74) is 9.91. The van der Waals surface area contributed by atoms with E-state index in [0.717, 1.165) is 10.9 Å². The molecule has 0 radical (unpaired) electrons. The minimum atomic E-state index is -1.04. The van der Waals surface area contributed by atoms with E-state index in [1.54, 1.807) is 0 Å². The Hall–Kier alpha value is -4.65. The molecule has 0 spiro atoms. The van der Waals surface area contributed by atoms with Crippen molar-refractivity contribution < 1.29 is 0 Å². The molecule has 2 aromatic heterocycles. The molecule has 2 heterocycles. The molecule has 182 valence electrons. The van der Waals surface area contributed by atoms with Crippen molar-refractivity contribution in [2.24, 2.45) is 0 Å². The summed E-state index contributed by atoms with van der Waals surface area (Å²) in [7, 11) is -1.04. The number of pyridine rings is 2. The zero-order valence-electron chi connectivity index (χ0n) is 21.1. The lowest BCUT2D eigenvalue weighted by molar-refractivity contribution is 1.37. The van der Waals surface area contributed by atoms with Gasteiger partial charge in [-0.15, -0.1) is 0 Å². The fourth-order valence-corrected chi connectivity index (χ4v) is 8.58. The van der Waals surface area contributed by atoms with E-state index in [9.17, 15) is 0 Å². The molecule has 39 heavy (non-hydrogen) atoms. The predicted molar refractivity (Wildman–Crippen MR) is 166 cm³/mol. The first-order valence-corrected chi connectivity index (χ1v) is 14.5. The second kappa shape index (κ2) is 8.98. The maximum absolute atomic E-state index is 4.93. The van der Waals surface area contributed by atoms with Gasteiger partial charge in [-0.05, 0) is 79.2 Å². The summed E-state index contributed by atoms with van der Waals surface area (Å²) >= 11 is 0. The van der Waals surface area contributed by atoms with Gasteiger partial charge in [0.25, 0.3) is 0 Å². The van der Waals surface area contributed by atoms with Gasteiger partial charge in [0, 0.05) is 25.6 Å². The van der Waals surface area contributed by atoms with E-state index in [1.807, 2.05) is 24.5 Å². The summed E-state index contributed by atoms with van der Waals surface area (Å²) < 4.78 is 0. The molecular formula is C36H23N2P. The van der Waals surface area contributed by atoms with E-state index in [0.29, 0.717) is 0 Å². The van der Waals surface area contributed by atoms with E-state index in [-0.39, 0.29) is 0 Å². The highest BCUT2D eigenvalue weighted by Gasteiger charge is 2.34. The highest BCUT2D eigenvalue weighted by molar-refractivity contribution is 7.80. The van der Waals surface area contributed by atoms with Gasteiger partial charge in [0.15, 0.2) is 0 Å². The van der Waals surface area contributed by atoms with Crippen LogP contribution in [0.2, 0.25) is 0 Å². The van der Waals surface area contributed by atoms with E-state index in [2.05, 4.69) is 115 Å². The first-order valence-electron chi connectivity index (χ1n) is 13.2. The molecule has 0 aliphatic heterocycles. The van der Waals surface area contributed by atoms with E-state index < -0.39 is 7.92 Å². The fraction of sp³-hybridized carbons (Fsp3) is 0. The van der Waals surface area contributed by atoms with Crippen molar-refractivity contribution in [3.05, 3.63) is 140 Å². The number of rotatable bonds is 4. The molecule has 1 aliphatic carbocycles. The summed E-state index contributed by atoms with van der Waals surface area (Å²) in [4.78, 5) is 9.86. The number of fused-ring (bicyclic) bond motifs is 4. The quantitative estimate of drug-likeness (QED) is 0.224. The maximum Gasteiger partial charge on any atom is 0.0737 e. The molecular weight excluding hydrogens is 491 g/mol. The molecule has 0 N–H and O–H groups in total. The van der Waals surface area contributed by atoms with Crippen LogP contribution in [0, 0.1) is 0 Å². The molecule has 0 unspecified atom stereocenters. The Morgan fingerprint density at radius 3 is 1.67 bits per heavy atom. The SMILES string of the molecule is c1ccc(-c2c3c(c(P(c4ccccn4)c4ccccn4)c4ccccc24)-c2cccc4cccc-3c24)cc1. The third-order valence-corrected chi connectivity index (χ3v) is 10.0. The van der Waals surface area contributed by atoms with Crippen LogP contribution < -0.4 is 16.2 Å². The minimum Gasteiger partial charge on any atom is -0.256 e. The standard InChI is InChI=1S/C36H23N2P/c1-2-12-25(13-3-1)33-26-16-4-5-17-27(26)36(39(30-20-6-8-22-37-30)31-21-7-9-23-38-31)35-29-19-11-15-24-14-10-18-28(32(24)29)34(33)35/h1-23H.